The van der Waals surface area contributed by atoms with Gasteiger partial charge >= 0.3 is 0 Å². The summed E-state index contributed by atoms with van der Waals surface area (Å²) in [6.07, 6.45) is 6.87. The molecule has 3 aromatic rings. The van der Waals surface area contributed by atoms with E-state index in [-0.39, 0.29) is 17.6 Å². The zero-order valence-electron chi connectivity index (χ0n) is 19.0. The second-order valence-corrected chi connectivity index (χ2v) is 8.63. The molecule has 0 aliphatic heterocycles. The lowest BCUT2D eigenvalue weighted by Crippen LogP contribution is -2.27. The predicted molar refractivity (Wildman–Crippen MR) is 134 cm³/mol. The van der Waals surface area contributed by atoms with E-state index in [2.05, 4.69) is 15.3 Å². The minimum Gasteiger partial charge on any atom is -0.386 e. The van der Waals surface area contributed by atoms with E-state index in [1.54, 1.807) is 36.5 Å². The van der Waals surface area contributed by atoms with Gasteiger partial charge in [0, 0.05) is 42.0 Å². The minimum atomic E-state index is -0.581. The van der Waals surface area contributed by atoms with Crippen molar-refractivity contribution in [2.24, 2.45) is 23.1 Å². The first-order valence-corrected chi connectivity index (χ1v) is 11.0. The maximum absolute atomic E-state index is 12.8. The van der Waals surface area contributed by atoms with Crippen LogP contribution in [0.2, 0.25) is 5.02 Å². The highest BCUT2D eigenvalue weighted by atomic mass is 35.5. The van der Waals surface area contributed by atoms with Gasteiger partial charge in [-0.1, -0.05) is 31.5 Å². The fourth-order valence-corrected chi connectivity index (χ4v) is 3.61. The molecule has 0 atom stereocenters. The molecular formula is C25H27ClN6O2. The number of fused-ring (bicyclic) bond motifs is 1. The highest BCUT2D eigenvalue weighted by Crippen LogP contribution is 2.23. The van der Waals surface area contributed by atoms with Crippen molar-refractivity contribution in [1.29, 1.82) is 0 Å². The molecule has 0 saturated carbocycles. The summed E-state index contributed by atoms with van der Waals surface area (Å²) in [5.74, 6) is -0.399. The number of pyridine rings is 2. The number of aromatic nitrogens is 2. The Balaban J connectivity index is 1.81. The average molecular weight is 479 g/mol. The van der Waals surface area contributed by atoms with Crippen LogP contribution in [-0.2, 0) is 6.42 Å². The summed E-state index contributed by atoms with van der Waals surface area (Å²) in [7, 11) is 0. The van der Waals surface area contributed by atoms with Crippen molar-refractivity contribution in [2.45, 2.75) is 20.3 Å². The van der Waals surface area contributed by atoms with Gasteiger partial charge in [-0.2, -0.15) is 0 Å². The molecule has 0 aliphatic rings. The molecule has 34 heavy (non-hydrogen) atoms. The summed E-state index contributed by atoms with van der Waals surface area (Å²) >= 11 is 6.07. The third-order valence-electron chi connectivity index (χ3n) is 5.22. The fourth-order valence-electron chi connectivity index (χ4n) is 3.44. The van der Waals surface area contributed by atoms with Gasteiger partial charge < -0.3 is 22.5 Å². The average Bonchev–Trinajstić information content (AvgIpc) is 2.77. The summed E-state index contributed by atoms with van der Waals surface area (Å²) in [4.78, 5) is 33.3. The normalized spacial score (nSPS) is 11.5. The van der Waals surface area contributed by atoms with E-state index in [0.717, 1.165) is 11.1 Å². The fraction of sp³-hybridized carbons (Fsp3) is 0.200. The summed E-state index contributed by atoms with van der Waals surface area (Å²) in [5.41, 5.74) is 20.3. The van der Waals surface area contributed by atoms with Crippen molar-refractivity contribution >= 4 is 34.3 Å². The predicted octanol–water partition coefficient (Wildman–Crippen LogP) is 3.04. The topological polar surface area (TPSA) is 150 Å². The van der Waals surface area contributed by atoms with Crippen LogP contribution in [-0.4, -0.2) is 28.3 Å². The molecule has 8 nitrogen and oxygen atoms in total. The summed E-state index contributed by atoms with van der Waals surface area (Å²) in [5, 5.41) is 4.08. The number of rotatable bonds is 8. The van der Waals surface area contributed by atoms with Gasteiger partial charge in [-0.15, -0.1) is 0 Å². The van der Waals surface area contributed by atoms with E-state index in [1.165, 1.54) is 6.20 Å². The van der Waals surface area contributed by atoms with E-state index in [1.807, 2.05) is 26.0 Å². The largest absolute Gasteiger partial charge is 0.386 e. The Hall–Kier alpha value is -3.91. The first-order chi connectivity index (χ1) is 16.1. The Morgan fingerprint density at radius 3 is 2.53 bits per heavy atom. The Bertz CT molecular complexity index is 1300. The molecule has 2 amide bonds. The van der Waals surface area contributed by atoms with E-state index < -0.39 is 5.91 Å². The Labute approximate surface area is 202 Å². The molecule has 2 aromatic heterocycles. The van der Waals surface area contributed by atoms with Crippen LogP contribution >= 0.6 is 11.6 Å². The summed E-state index contributed by atoms with van der Waals surface area (Å²) < 4.78 is 0. The first-order valence-electron chi connectivity index (χ1n) is 10.7. The number of amides is 2. The SMILES string of the molecule is CC(C)/C(=C\C=C(N)N)CNC(=O)c1ccnc(Cc2cc(C(N)=O)c3ncc(Cl)cc3c2)c1. The third-order valence-corrected chi connectivity index (χ3v) is 5.43. The van der Waals surface area contributed by atoms with E-state index in [0.29, 0.717) is 45.7 Å². The zero-order valence-corrected chi connectivity index (χ0v) is 19.8. The number of carbonyl (C=O) groups excluding carboxylic acids is 2. The van der Waals surface area contributed by atoms with Crippen molar-refractivity contribution in [2.75, 3.05) is 6.54 Å². The van der Waals surface area contributed by atoms with Gasteiger partial charge in [-0.3, -0.25) is 19.6 Å². The molecule has 0 spiro atoms. The lowest BCUT2D eigenvalue weighted by atomic mass is 10.0. The minimum absolute atomic E-state index is 0.203. The van der Waals surface area contributed by atoms with Crippen molar-refractivity contribution in [3.05, 3.63) is 93.7 Å². The number of nitrogens with one attached hydrogen (secondary N) is 1. The van der Waals surface area contributed by atoms with Crippen LogP contribution in [0.4, 0.5) is 0 Å². The lowest BCUT2D eigenvalue weighted by molar-refractivity contribution is 0.0954. The molecule has 7 N–H and O–H groups in total. The quantitative estimate of drug-likeness (QED) is 0.365. The number of nitrogens with zero attached hydrogens (tertiary/aromatic N) is 2. The number of nitrogens with two attached hydrogens (primary N) is 3. The van der Waals surface area contributed by atoms with Gasteiger partial charge in [0.1, 0.15) is 0 Å². The first kappa shape index (κ1) is 24.7. The summed E-state index contributed by atoms with van der Waals surface area (Å²) in [6.45, 7) is 4.41. The molecule has 0 unspecified atom stereocenters. The molecular weight excluding hydrogens is 452 g/mol. The molecule has 3 rings (SSSR count). The number of hydrogen-bond acceptors (Lipinski definition) is 6. The molecule has 0 aliphatic carbocycles. The van der Waals surface area contributed by atoms with Crippen LogP contribution in [0.15, 0.2) is 66.3 Å². The van der Waals surface area contributed by atoms with E-state index in [4.69, 9.17) is 28.8 Å². The molecule has 0 radical (unpaired) electrons. The van der Waals surface area contributed by atoms with Crippen LogP contribution in [0.25, 0.3) is 10.9 Å². The van der Waals surface area contributed by atoms with Gasteiger partial charge in [0.15, 0.2) is 0 Å². The number of halogens is 1. The summed E-state index contributed by atoms with van der Waals surface area (Å²) in [6, 6.07) is 8.66. The molecule has 9 heteroatoms. The van der Waals surface area contributed by atoms with Gasteiger partial charge in [-0.25, -0.2) is 0 Å². The van der Waals surface area contributed by atoms with Crippen molar-refractivity contribution in [3.8, 4) is 0 Å². The third kappa shape index (κ3) is 6.32. The standard InChI is InChI=1S/C25H27ClN6O2/c1-14(2)17(3-4-22(27)28)12-32-25(34)16-5-6-30-20(11-16)8-15-7-18-10-19(26)13-31-23(18)21(9-15)24(29)33/h3-7,9-11,13-14H,8,12,27-28H2,1-2H3,(H2,29,33)(H,32,34)/b17-3-. The number of allylic oxidation sites excluding steroid dienone is 2. The van der Waals surface area contributed by atoms with Crippen molar-refractivity contribution in [3.63, 3.8) is 0 Å². The van der Waals surface area contributed by atoms with Crippen LogP contribution in [0.3, 0.4) is 0 Å². The maximum Gasteiger partial charge on any atom is 0.251 e. The highest BCUT2D eigenvalue weighted by molar-refractivity contribution is 6.31. The molecule has 0 saturated heterocycles. The number of hydrogen-bond donors (Lipinski definition) is 4. The molecule has 1 aromatic carbocycles. The smallest absolute Gasteiger partial charge is 0.251 e. The lowest BCUT2D eigenvalue weighted by Gasteiger charge is -2.13. The molecule has 0 fully saturated rings. The molecule has 2 heterocycles. The number of carbonyl (C=O) groups is 2. The van der Waals surface area contributed by atoms with Crippen LogP contribution in [0.1, 0.15) is 45.8 Å². The zero-order chi connectivity index (χ0) is 24.8. The van der Waals surface area contributed by atoms with Crippen molar-refractivity contribution < 1.29 is 9.59 Å². The van der Waals surface area contributed by atoms with E-state index in [9.17, 15) is 9.59 Å². The molecule has 0 bridgehead atoms. The number of benzene rings is 1. The van der Waals surface area contributed by atoms with Gasteiger partial charge in [-0.05, 0) is 53.5 Å². The monoisotopic (exact) mass is 478 g/mol. The second kappa shape index (κ2) is 10.8. The van der Waals surface area contributed by atoms with Crippen LogP contribution in [0.5, 0.6) is 0 Å². The van der Waals surface area contributed by atoms with Gasteiger partial charge in [0.2, 0.25) is 0 Å². The number of primary amides is 1. The van der Waals surface area contributed by atoms with Gasteiger partial charge in [0.25, 0.3) is 11.8 Å². The van der Waals surface area contributed by atoms with Crippen LogP contribution < -0.4 is 22.5 Å². The van der Waals surface area contributed by atoms with E-state index >= 15 is 0 Å². The Morgan fingerprint density at radius 1 is 1.09 bits per heavy atom. The maximum atomic E-state index is 12.8. The van der Waals surface area contributed by atoms with Gasteiger partial charge in [0.05, 0.1) is 21.9 Å². The molecule has 176 valence electrons. The highest BCUT2D eigenvalue weighted by Gasteiger charge is 2.13. The Kier molecular flexibility index (Phi) is 7.86. The van der Waals surface area contributed by atoms with Crippen LogP contribution in [0, 0.1) is 5.92 Å². The van der Waals surface area contributed by atoms with Crippen molar-refractivity contribution in [1.82, 2.24) is 15.3 Å². The second-order valence-electron chi connectivity index (χ2n) is 8.19. The Morgan fingerprint density at radius 2 is 1.85 bits per heavy atom.